The number of amides is 1. The molecule has 26 heavy (non-hydrogen) atoms. The quantitative estimate of drug-likeness (QED) is 0.738. The molecule has 0 aliphatic rings. The lowest BCUT2D eigenvalue weighted by atomic mass is 10.0. The first kappa shape index (κ1) is 19.5. The first-order valence-electron chi connectivity index (χ1n) is 8.65. The predicted octanol–water partition coefficient (Wildman–Crippen LogP) is 3.36. The molecule has 0 atom stereocenters. The minimum atomic E-state index is -0.486. The van der Waals surface area contributed by atoms with Crippen molar-refractivity contribution in [3.05, 3.63) is 65.2 Å². The summed E-state index contributed by atoms with van der Waals surface area (Å²) in [6, 6.07) is 15.3. The van der Waals surface area contributed by atoms with Gasteiger partial charge in [-0.1, -0.05) is 56.3 Å². The van der Waals surface area contributed by atoms with Gasteiger partial charge in [-0.2, -0.15) is 0 Å². The third-order valence-electron chi connectivity index (χ3n) is 3.82. The van der Waals surface area contributed by atoms with Crippen LogP contribution in [0.2, 0.25) is 0 Å². The SMILES string of the molecule is Cc1ccc(C(C)C)c(OCC(=O)NCC(=O)OCc2ccccc2)c1. The van der Waals surface area contributed by atoms with E-state index in [9.17, 15) is 9.59 Å². The topological polar surface area (TPSA) is 64.6 Å². The molecule has 0 spiro atoms. The Bertz CT molecular complexity index is 741. The minimum Gasteiger partial charge on any atom is -0.483 e. The molecule has 0 aromatic heterocycles. The summed E-state index contributed by atoms with van der Waals surface area (Å²) in [7, 11) is 0. The Labute approximate surface area is 154 Å². The monoisotopic (exact) mass is 355 g/mol. The zero-order valence-electron chi connectivity index (χ0n) is 15.5. The van der Waals surface area contributed by atoms with E-state index in [0.29, 0.717) is 11.7 Å². The van der Waals surface area contributed by atoms with E-state index in [-0.39, 0.29) is 25.7 Å². The van der Waals surface area contributed by atoms with Gasteiger partial charge in [0.05, 0.1) is 0 Å². The van der Waals surface area contributed by atoms with Crippen LogP contribution in [0.3, 0.4) is 0 Å². The molecule has 2 aromatic rings. The van der Waals surface area contributed by atoms with E-state index >= 15 is 0 Å². The molecule has 2 aromatic carbocycles. The maximum absolute atomic E-state index is 11.9. The fourth-order valence-corrected chi connectivity index (χ4v) is 2.40. The van der Waals surface area contributed by atoms with E-state index in [1.807, 2.05) is 55.5 Å². The van der Waals surface area contributed by atoms with E-state index in [1.54, 1.807) is 0 Å². The molecule has 138 valence electrons. The van der Waals surface area contributed by atoms with Gasteiger partial charge in [0.25, 0.3) is 5.91 Å². The Hall–Kier alpha value is -2.82. The van der Waals surface area contributed by atoms with Gasteiger partial charge in [-0.05, 0) is 35.6 Å². The molecule has 0 aliphatic heterocycles. The van der Waals surface area contributed by atoms with E-state index in [4.69, 9.17) is 9.47 Å². The summed E-state index contributed by atoms with van der Waals surface area (Å²) in [6.45, 7) is 5.97. The highest BCUT2D eigenvalue weighted by molar-refractivity contribution is 5.82. The van der Waals surface area contributed by atoms with Gasteiger partial charge in [0.1, 0.15) is 18.9 Å². The molecule has 5 heteroatoms. The lowest BCUT2D eigenvalue weighted by Crippen LogP contribution is -2.34. The molecule has 0 bridgehead atoms. The van der Waals surface area contributed by atoms with Crippen LogP contribution in [0.5, 0.6) is 5.75 Å². The lowest BCUT2D eigenvalue weighted by molar-refractivity contribution is -0.145. The Kier molecular flexibility index (Phi) is 7.21. The molecule has 2 rings (SSSR count). The first-order chi connectivity index (χ1) is 12.5. The number of benzene rings is 2. The summed E-state index contributed by atoms with van der Waals surface area (Å²) in [5.41, 5.74) is 3.01. The fourth-order valence-electron chi connectivity index (χ4n) is 2.40. The summed E-state index contributed by atoms with van der Waals surface area (Å²) in [5, 5.41) is 2.51. The van der Waals surface area contributed by atoms with Crippen LogP contribution in [-0.2, 0) is 20.9 Å². The smallest absolute Gasteiger partial charge is 0.325 e. The van der Waals surface area contributed by atoms with Crippen LogP contribution < -0.4 is 10.1 Å². The number of carbonyl (C=O) groups excluding carboxylic acids is 2. The van der Waals surface area contributed by atoms with Crippen molar-refractivity contribution in [3.8, 4) is 5.75 Å². The lowest BCUT2D eigenvalue weighted by Gasteiger charge is -2.14. The van der Waals surface area contributed by atoms with E-state index < -0.39 is 5.97 Å². The number of carbonyl (C=O) groups is 2. The van der Waals surface area contributed by atoms with Crippen LogP contribution >= 0.6 is 0 Å². The first-order valence-corrected chi connectivity index (χ1v) is 8.65. The molecule has 1 N–H and O–H groups in total. The molecular formula is C21H25NO4. The average Bonchev–Trinajstić information content (AvgIpc) is 2.63. The van der Waals surface area contributed by atoms with Crippen molar-refractivity contribution in [2.24, 2.45) is 0 Å². The zero-order chi connectivity index (χ0) is 18.9. The molecule has 0 saturated heterocycles. The van der Waals surface area contributed by atoms with Gasteiger partial charge >= 0.3 is 5.97 Å². The highest BCUT2D eigenvalue weighted by Gasteiger charge is 2.11. The van der Waals surface area contributed by atoms with E-state index in [1.165, 1.54) is 0 Å². The number of esters is 1. The van der Waals surface area contributed by atoms with E-state index in [2.05, 4.69) is 19.2 Å². The van der Waals surface area contributed by atoms with Crippen molar-refractivity contribution >= 4 is 11.9 Å². The van der Waals surface area contributed by atoms with E-state index in [0.717, 1.165) is 16.7 Å². The van der Waals surface area contributed by atoms with Crippen LogP contribution in [-0.4, -0.2) is 25.0 Å². The molecule has 0 fully saturated rings. The number of hydrogen-bond donors (Lipinski definition) is 1. The molecule has 0 saturated carbocycles. The van der Waals surface area contributed by atoms with Crippen molar-refractivity contribution in [1.29, 1.82) is 0 Å². The van der Waals surface area contributed by atoms with Gasteiger partial charge < -0.3 is 14.8 Å². The highest BCUT2D eigenvalue weighted by Crippen LogP contribution is 2.27. The Morgan fingerprint density at radius 2 is 1.81 bits per heavy atom. The Morgan fingerprint density at radius 1 is 1.08 bits per heavy atom. The van der Waals surface area contributed by atoms with Crippen molar-refractivity contribution in [3.63, 3.8) is 0 Å². The van der Waals surface area contributed by atoms with Crippen LogP contribution in [0.1, 0.15) is 36.5 Å². The summed E-state index contributed by atoms with van der Waals surface area (Å²) in [5.74, 6) is 0.141. The van der Waals surface area contributed by atoms with Gasteiger partial charge in [-0.25, -0.2) is 0 Å². The van der Waals surface area contributed by atoms with Gasteiger partial charge in [0.15, 0.2) is 6.61 Å². The van der Waals surface area contributed by atoms with Crippen LogP contribution in [0.15, 0.2) is 48.5 Å². The molecule has 0 unspecified atom stereocenters. The molecule has 0 aliphatic carbocycles. The Morgan fingerprint density at radius 3 is 2.50 bits per heavy atom. The normalized spacial score (nSPS) is 10.5. The maximum atomic E-state index is 11.9. The predicted molar refractivity (Wildman–Crippen MR) is 100 cm³/mol. The standard InChI is InChI=1S/C21H25NO4/c1-15(2)18-10-9-16(3)11-19(18)25-14-20(23)22-12-21(24)26-13-17-7-5-4-6-8-17/h4-11,15H,12-14H2,1-3H3,(H,22,23). The van der Waals surface area contributed by atoms with Crippen molar-refractivity contribution in [2.45, 2.75) is 33.3 Å². The number of aryl methyl sites for hydroxylation is 1. The van der Waals surface area contributed by atoms with Gasteiger partial charge in [-0.3, -0.25) is 9.59 Å². The van der Waals surface area contributed by atoms with Crippen molar-refractivity contribution in [1.82, 2.24) is 5.32 Å². The second-order valence-electron chi connectivity index (χ2n) is 6.41. The number of ether oxygens (including phenoxy) is 2. The van der Waals surface area contributed by atoms with Crippen LogP contribution in [0.25, 0.3) is 0 Å². The zero-order valence-corrected chi connectivity index (χ0v) is 15.5. The third kappa shape index (κ3) is 6.24. The number of hydrogen-bond acceptors (Lipinski definition) is 4. The molecule has 0 radical (unpaired) electrons. The largest absolute Gasteiger partial charge is 0.483 e. The summed E-state index contributed by atoms with van der Waals surface area (Å²) < 4.78 is 10.8. The summed E-state index contributed by atoms with van der Waals surface area (Å²) in [4.78, 5) is 23.6. The average molecular weight is 355 g/mol. The second kappa shape index (κ2) is 9.61. The highest BCUT2D eigenvalue weighted by atomic mass is 16.5. The fraction of sp³-hybridized carbons (Fsp3) is 0.333. The van der Waals surface area contributed by atoms with Gasteiger partial charge in [0.2, 0.25) is 0 Å². The molecule has 5 nitrogen and oxygen atoms in total. The summed E-state index contributed by atoms with van der Waals surface area (Å²) >= 11 is 0. The summed E-state index contributed by atoms with van der Waals surface area (Å²) in [6.07, 6.45) is 0. The van der Waals surface area contributed by atoms with Crippen molar-refractivity contribution < 1.29 is 19.1 Å². The maximum Gasteiger partial charge on any atom is 0.325 e. The van der Waals surface area contributed by atoms with Crippen LogP contribution in [0.4, 0.5) is 0 Å². The molecular weight excluding hydrogens is 330 g/mol. The van der Waals surface area contributed by atoms with Gasteiger partial charge in [-0.15, -0.1) is 0 Å². The molecule has 1 amide bonds. The number of rotatable bonds is 8. The Balaban J connectivity index is 1.75. The second-order valence-corrected chi connectivity index (χ2v) is 6.41. The number of nitrogens with one attached hydrogen (secondary N) is 1. The van der Waals surface area contributed by atoms with Gasteiger partial charge in [0, 0.05) is 0 Å². The van der Waals surface area contributed by atoms with Crippen molar-refractivity contribution in [2.75, 3.05) is 13.2 Å². The molecule has 0 heterocycles. The third-order valence-corrected chi connectivity index (χ3v) is 3.82. The van der Waals surface area contributed by atoms with Crippen LogP contribution in [0, 0.1) is 6.92 Å². The minimum absolute atomic E-state index is 0.144.